The Labute approximate surface area is 141 Å². The van der Waals surface area contributed by atoms with Crippen LogP contribution in [0.15, 0.2) is 18.2 Å². The average Bonchev–Trinajstić information content (AvgIpc) is 3.00. The van der Waals surface area contributed by atoms with Gasteiger partial charge < -0.3 is 20.1 Å². The largest absolute Gasteiger partial charge is 0.380 e. The molecule has 5 nitrogen and oxygen atoms in total. The first-order valence-electron chi connectivity index (χ1n) is 8.14. The smallest absolute Gasteiger partial charge is 0.319 e. The fraction of sp³-hybridized carbons (Fsp3) is 0.588. The SMILES string of the molecule is COCc1c(Cl)cccc1NC(=O)N[C@@H]1CCC[C@H]2OCC[C@H]12. The molecule has 2 fully saturated rings. The third-order valence-corrected chi connectivity index (χ3v) is 5.11. The van der Waals surface area contributed by atoms with E-state index in [1.54, 1.807) is 13.2 Å². The molecule has 6 heteroatoms. The molecule has 0 aromatic heterocycles. The van der Waals surface area contributed by atoms with Crippen LogP contribution < -0.4 is 10.6 Å². The minimum Gasteiger partial charge on any atom is -0.380 e. The van der Waals surface area contributed by atoms with E-state index >= 15 is 0 Å². The van der Waals surface area contributed by atoms with E-state index in [9.17, 15) is 4.79 Å². The summed E-state index contributed by atoms with van der Waals surface area (Å²) >= 11 is 6.19. The van der Waals surface area contributed by atoms with E-state index in [1.807, 2.05) is 12.1 Å². The van der Waals surface area contributed by atoms with E-state index < -0.39 is 0 Å². The molecule has 2 aliphatic rings. The number of carbonyl (C=O) groups is 1. The van der Waals surface area contributed by atoms with E-state index in [0.29, 0.717) is 29.3 Å². The summed E-state index contributed by atoms with van der Waals surface area (Å²) in [6.45, 7) is 1.17. The highest BCUT2D eigenvalue weighted by molar-refractivity contribution is 6.31. The van der Waals surface area contributed by atoms with Crippen molar-refractivity contribution >= 4 is 23.3 Å². The number of anilines is 1. The fourth-order valence-electron chi connectivity index (χ4n) is 3.65. The van der Waals surface area contributed by atoms with Gasteiger partial charge in [0.15, 0.2) is 0 Å². The van der Waals surface area contributed by atoms with Crippen molar-refractivity contribution in [3.05, 3.63) is 28.8 Å². The maximum Gasteiger partial charge on any atom is 0.319 e. The van der Waals surface area contributed by atoms with E-state index in [2.05, 4.69) is 10.6 Å². The number of hydrogen-bond acceptors (Lipinski definition) is 3. The van der Waals surface area contributed by atoms with Crippen LogP contribution in [0.3, 0.4) is 0 Å². The molecule has 0 radical (unpaired) electrons. The fourth-order valence-corrected chi connectivity index (χ4v) is 3.88. The van der Waals surface area contributed by atoms with Gasteiger partial charge in [-0.25, -0.2) is 4.79 Å². The first-order chi connectivity index (χ1) is 11.2. The Morgan fingerprint density at radius 3 is 3.09 bits per heavy atom. The number of carbonyl (C=O) groups excluding carboxylic acids is 1. The molecule has 0 unspecified atom stereocenters. The number of urea groups is 1. The van der Waals surface area contributed by atoms with Crippen molar-refractivity contribution in [3.63, 3.8) is 0 Å². The van der Waals surface area contributed by atoms with Crippen molar-refractivity contribution in [1.82, 2.24) is 5.32 Å². The minimum absolute atomic E-state index is 0.182. The van der Waals surface area contributed by atoms with Gasteiger partial charge in [0.2, 0.25) is 0 Å². The highest BCUT2D eigenvalue weighted by atomic mass is 35.5. The molecular formula is C17H23ClN2O3. The number of ether oxygens (including phenoxy) is 2. The Kier molecular flexibility index (Phi) is 5.41. The molecule has 126 valence electrons. The van der Waals surface area contributed by atoms with Crippen molar-refractivity contribution in [2.24, 2.45) is 5.92 Å². The van der Waals surface area contributed by atoms with Crippen LogP contribution in [0.5, 0.6) is 0 Å². The van der Waals surface area contributed by atoms with Gasteiger partial charge in [-0.1, -0.05) is 17.7 Å². The lowest BCUT2D eigenvalue weighted by molar-refractivity contribution is 0.0553. The molecule has 2 N–H and O–H groups in total. The first-order valence-corrected chi connectivity index (χ1v) is 8.52. The van der Waals surface area contributed by atoms with Crippen molar-refractivity contribution in [3.8, 4) is 0 Å². The average molecular weight is 339 g/mol. The zero-order chi connectivity index (χ0) is 16.2. The van der Waals surface area contributed by atoms with Crippen molar-refractivity contribution < 1.29 is 14.3 Å². The molecular weight excluding hydrogens is 316 g/mol. The van der Waals surface area contributed by atoms with Gasteiger partial charge in [-0.05, 0) is 37.8 Å². The number of rotatable bonds is 4. The second-order valence-electron chi connectivity index (χ2n) is 6.20. The molecule has 1 saturated heterocycles. The van der Waals surface area contributed by atoms with Crippen molar-refractivity contribution in [2.45, 2.75) is 44.4 Å². The maximum absolute atomic E-state index is 12.4. The standard InChI is InChI=1S/C17H23ClN2O3/c1-22-10-12-13(18)4-2-5-15(12)20-17(21)19-14-6-3-7-16-11(14)8-9-23-16/h2,4-5,11,14,16H,3,6-10H2,1H3,(H2,19,20,21)/t11-,14-,16-/m1/s1. The number of nitrogens with one attached hydrogen (secondary N) is 2. The molecule has 0 spiro atoms. The number of benzene rings is 1. The van der Waals surface area contributed by atoms with E-state index in [0.717, 1.165) is 37.9 Å². The predicted octanol–water partition coefficient (Wildman–Crippen LogP) is 3.57. The Morgan fingerprint density at radius 2 is 2.26 bits per heavy atom. The first kappa shape index (κ1) is 16.6. The molecule has 0 bridgehead atoms. The molecule has 2 amide bonds. The van der Waals surface area contributed by atoms with Crippen LogP contribution in [0.25, 0.3) is 0 Å². The monoisotopic (exact) mass is 338 g/mol. The molecule has 1 aromatic carbocycles. The topological polar surface area (TPSA) is 59.6 Å². The zero-order valence-electron chi connectivity index (χ0n) is 13.3. The Balaban J connectivity index is 1.64. The second-order valence-corrected chi connectivity index (χ2v) is 6.60. The van der Waals surface area contributed by atoms with Crippen LogP contribution in [-0.2, 0) is 16.1 Å². The van der Waals surface area contributed by atoms with Crippen molar-refractivity contribution in [2.75, 3.05) is 19.0 Å². The lowest BCUT2D eigenvalue weighted by Gasteiger charge is -2.33. The Bertz CT molecular complexity index is 567. The molecule has 1 heterocycles. The summed E-state index contributed by atoms with van der Waals surface area (Å²) in [6.07, 6.45) is 4.55. The van der Waals surface area contributed by atoms with Crippen LogP contribution in [-0.4, -0.2) is 31.9 Å². The summed E-state index contributed by atoms with van der Waals surface area (Å²) in [5, 5.41) is 6.61. The quantitative estimate of drug-likeness (QED) is 0.882. The van der Waals surface area contributed by atoms with Gasteiger partial charge in [-0.2, -0.15) is 0 Å². The molecule has 1 saturated carbocycles. The highest BCUT2D eigenvalue weighted by Crippen LogP contribution is 2.34. The number of hydrogen-bond donors (Lipinski definition) is 2. The molecule has 3 rings (SSSR count). The van der Waals surface area contributed by atoms with Gasteiger partial charge in [0, 0.05) is 41.9 Å². The lowest BCUT2D eigenvalue weighted by atomic mass is 9.82. The second kappa shape index (κ2) is 7.51. The number of fused-ring (bicyclic) bond motifs is 1. The van der Waals surface area contributed by atoms with Crippen LogP contribution >= 0.6 is 11.6 Å². The van der Waals surface area contributed by atoms with Crippen LogP contribution in [0.1, 0.15) is 31.2 Å². The maximum atomic E-state index is 12.4. The summed E-state index contributed by atoms with van der Waals surface area (Å²) in [5.74, 6) is 0.437. The predicted molar refractivity (Wildman–Crippen MR) is 89.8 cm³/mol. The zero-order valence-corrected chi connectivity index (χ0v) is 14.1. The highest BCUT2D eigenvalue weighted by Gasteiger charge is 2.38. The summed E-state index contributed by atoms with van der Waals surface area (Å²) in [7, 11) is 1.61. The molecule has 23 heavy (non-hydrogen) atoms. The number of amides is 2. The van der Waals surface area contributed by atoms with Gasteiger partial charge in [-0.15, -0.1) is 0 Å². The van der Waals surface area contributed by atoms with Gasteiger partial charge in [0.1, 0.15) is 0 Å². The number of halogens is 1. The third-order valence-electron chi connectivity index (χ3n) is 4.75. The van der Waals surface area contributed by atoms with Gasteiger partial charge in [0.25, 0.3) is 0 Å². The minimum atomic E-state index is -0.192. The van der Waals surface area contributed by atoms with E-state index in [1.165, 1.54) is 0 Å². The summed E-state index contributed by atoms with van der Waals surface area (Å²) < 4.78 is 10.9. The molecule has 1 aliphatic carbocycles. The number of methoxy groups -OCH3 is 1. The molecule has 3 atom stereocenters. The van der Waals surface area contributed by atoms with Crippen LogP contribution in [0.4, 0.5) is 10.5 Å². The van der Waals surface area contributed by atoms with Gasteiger partial charge in [0.05, 0.1) is 12.7 Å². The Hall–Kier alpha value is -1.30. The Morgan fingerprint density at radius 1 is 1.39 bits per heavy atom. The van der Waals surface area contributed by atoms with Gasteiger partial charge >= 0.3 is 6.03 Å². The molecule has 1 aromatic rings. The van der Waals surface area contributed by atoms with Crippen LogP contribution in [0, 0.1) is 5.92 Å². The summed E-state index contributed by atoms with van der Waals surface area (Å²) in [5.41, 5.74) is 1.48. The van der Waals surface area contributed by atoms with Crippen LogP contribution in [0.2, 0.25) is 5.02 Å². The van der Waals surface area contributed by atoms with E-state index in [4.69, 9.17) is 21.1 Å². The van der Waals surface area contributed by atoms with Crippen molar-refractivity contribution in [1.29, 1.82) is 0 Å². The normalized spacial score (nSPS) is 26.6. The third kappa shape index (κ3) is 3.79. The lowest BCUT2D eigenvalue weighted by Crippen LogP contribution is -2.47. The summed E-state index contributed by atoms with van der Waals surface area (Å²) in [6, 6.07) is 5.44. The molecule has 1 aliphatic heterocycles. The van der Waals surface area contributed by atoms with E-state index in [-0.39, 0.29) is 12.1 Å². The van der Waals surface area contributed by atoms with Gasteiger partial charge in [-0.3, -0.25) is 0 Å². The summed E-state index contributed by atoms with van der Waals surface area (Å²) in [4.78, 5) is 12.4.